The Hall–Kier alpha value is -2.38. The van der Waals surface area contributed by atoms with Crippen molar-refractivity contribution in [3.63, 3.8) is 0 Å². The van der Waals surface area contributed by atoms with Crippen LogP contribution in [0.1, 0.15) is 15.2 Å². The molecule has 0 aliphatic rings. The average Bonchev–Trinajstić information content (AvgIpc) is 2.86. The molecule has 3 aromatic rings. The summed E-state index contributed by atoms with van der Waals surface area (Å²) in [5.41, 5.74) is 1.36. The molecular formula is C15H12ClN3O3S. The van der Waals surface area contributed by atoms with Crippen LogP contribution in [0.5, 0.6) is 5.75 Å². The number of hydrogen-bond donors (Lipinski definition) is 2. The number of aromatic nitrogens is 2. The molecule has 0 unspecified atom stereocenters. The number of nitrogens with zero attached hydrogens (tertiary/aromatic N) is 2. The molecule has 0 saturated carbocycles. The van der Waals surface area contributed by atoms with E-state index in [9.17, 15) is 9.90 Å². The molecule has 0 amide bonds. The molecule has 0 bridgehead atoms. The maximum Gasteiger partial charge on any atom is 0.346 e. The molecule has 23 heavy (non-hydrogen) atoms. The van der Waals surface area contributed by atoms with E-state index in [1.54, 1.807) is 32.2 Å². The smallest absolute Gasteiger partial charge is 0.346 e. The quantitative estimate of drug-likeness (QED) is 0.737. The number of fused-ring (bicyclic) bond motifs is 1. The fourth-order valence-corrected chi connectivity index (χ4v) is 3.50. The summed E-state index contributed by atoms with van der Waals surface area (Å²) >= 11 is 7.25. The van der Waals surface area contributed by atoms with Crippen LogP contribution in [0.2, 0.25) is 5.02 Å². The van der Waals surface area contributed by atoms with Crippen molar-refractivity contribution in [2.45, 2.75) is 6.92 Å². The second-order valence-electron chi connectivity index (χ2n) is 4.74. The monoisotopic (exact) mass is 349 g/mol. The van der Waals surface area contributed by atoms with Crippen molar-refractivity contribution in [1.82, 2.24) is 9.97 Å². The predicted molar refractivity (Wildman–Crippen MR) is 90.4 cm³/mol. The highest BCUT2D eigenvalue weighted by Gasteiger charge is 2.18. The Morgan fingerprint density at radius 1 is 1.39 bits per heavy atom. The molecular weight excluding hydrogens is 338 g/mol. The Labute approximate surface area is 140 Å². The third-order valence-electron chi connectivity index (χ3n) is 3.34. The molecule has 0 fully saturated rings. The lowest BCUT2D eigenvalue weighted by Gasteiger charge is -2.09. The van der Waals surface area contributed by atoms with E-state index >= 15 is 0 Å². The Morgan fingerprint density at radius 3 is 2.83 bits per heavy atom. The van der Waals surface area contributed by atoms with Gasteiger partial charge in [-0.3, -0.25) is 0 Å². The Morgan fingerprint density at radius 2 is 2.17 bits per heavy atom. The molecule has 118 valence electrons. The van der Waals surface area contributed by atoms with Crippen LogP contribution in [0.25, 0.3) is 10.2 Å². The van der Waals surface area contributed by atoms with E-state index in [2.05, 4.69) is 15.3 Å². The maximum absolute atomic E-state index is 11.3. The number of carbonyl (C=O) groups is 1. The number of aryl methyl sites for hydroxylation is 1. The number of hydrogen-bond acceptors (Lipinski definition) is 6. The maximum atomic E-state index is 11.3. The first kappa shape index (κ1) is 15.5. The SMILES string of the molecule is COc1ccc(Nc2ncnc3sc(C(=O)O)c(C)c23)cc1Cl. The Kier molecular flexibility index (Phi) is 4.06. The number of nitrogens with one attached hydrogen (secondary N) is 1. The van der Waals surface area contributed by atoms with Crippen LogP contribution in [-0.2, 0) is 0 Å². The second kappa shape index (κ2) is 6.02. The van der Waals surface area contributed by atoms with Gasteiger partial charge in [0.2, 0.25) is 0 Å². The van der Waals surface area contributed by atoms with E-state index in [1.165, 1.54) is 6.33 Å². The van der Waals surface area contributed by atoms with E-state index in [4.69, 9.17) is 16.3 Å². The Bertz CT molecular complexity index is 910. The number of rotatable bonds is 4. The summed E-state index contributed by atoms with van der Waals surface area (Å²) < 4.78 is 5.12. The lowest BCUT2D eigenvalue weighted by atomic mass is 10.2. The van der Waals surface area contributed by atoms with Crippen LogP contribution in [0.3, 0.4) is 0 Å². The van der Waals surface area contributed by atoms with Crippen LogP contribution in [-0.4, -0.2) is 28.2 Å². The van der Waals surface area contributed by atoms with E-state index in [0.717, 1.165) is 17.0 Å². The summed E-state index contributed by atoms with van der Waals surface area (Å²) in [6.45, 7) is 1.75. The molecule has 1 aromatic carbocycles. The minimum atomic E-state index is -0.969. The van der Waals surface area contributed by atoms with Gasteiger partial charge in [0.15, 0.2) is 0 Å². The zero-order chi connectivity index (χ0) is 16.6. The van der Waals surface area contributed by atoms with Crippen molar-refractivity contribution in [2.75, 3.05) is 12.4 Å². The fourth-order valence-electron chi connectivity index (χ4n) is 2.25. The van der Waals surface area contributed by atoms with Crippen LogP contribution < -0.4 is 10.1 Å². The highest BCUT2D eigenvalue weighted by molar-refractivity contribution is 7.20. The standard InChI is InChI=1S/C15H12ClN3O3S/c1-7-11-13(17-6-18-14(11)23-12(7)15(20)21)19-8-3-4-10(22-2)9(16)5-8/h3-6H,1-2H3,(H,20,21)(H,17,18,19). The van der Waals surface area contributed by atoms with Crippen LogP contribution >= 0.6 is 22.9 Å². The molecule has 0 saturated heterocycles. The first-order valence-corrected chi connectivity index (χ1v) is 7.78. The van der Waals surface area contributed by atoms with Crippen LogP contribution in [0.4, 0.5) is 11.5 Å². The number of carboxylic acids is 1. The predicted octanol–water partition coefficient (Wildman–Crippen LogP) is 4.10. The fraction of sp³-hybridized carbons (Fsp3) is 0.133. The summed E-state index contributed by atoms with van der Waals surface area (Å²) in [5.74, 6) is 0.145. The van der Waals surface area contributed by atoms with Crippen molar-refractivity contribution < 1.29 is 14.6 Å². The molecule has 2 heterocycles. The van der Waals surface area contributed by atoms with E-state index in [-0.39, 0.29) is 4.88 Å². The highest BCUT2D eigenvalue weighted by Crippen LogP contribution is 2.35. The molecule has 0 aliphatic heterocycles. The number of methoxy groups -OCH3 is 1. The molecule has 3 rings (SSSR count). The largest absolute Gasteiger partial charge is 0.495 e. The second-order valence-corrected chi connectivity index (χ2v) is 6.14. The van der Waals surface area contributed by atoms with Gasteiger partial charge in [-0.1, -0.05) is 11.6 Å². The number of aromatic carboxylic acids is 1. The summed E-state index contributed by atoms with van der Waals surface area (Å²) in [7, 11) is 1.55. The Balaban J connectivity index is 2.06. The van der Waals surface area contributed by atoms with Crippen LogP contribution in [0, 0.1) is 6.92 Å². The zero-order valence-corrected chi connectivity index (χ0v) is 13.8. The van der Waals surface area contributed by atoms with Gasteiger partial charge >= 0.3 is 5.97 Å². The lowest BCUT2D eigenvalue weighted by Crippen LogP contribution is -1.97. The van der Waals surface area contributed by atoms with Gasteiger partial charge in [0.1, 0.15) is 27.6 Å². The van der Waals surface area contributed by atoms with Gasteiger partial charge in [-0.05, 0) is 30.7 Å². The van der Waals surface area contributed by atoms with Gasteiger partial charge in [-0.25, -0.2) is 14.8 Å². The van der Waals surface area contributed by atoms with E-state index in [1.807, 2.05) is 0 Å². The van der Waals surface area contributed by atoms with Crippen molar-refractivity contribution >= 4 is 50.6 Å². The summed E-state index contributed by atoms with van der Waals surface area (Å²) in [5, 5.41) is 13.6. The number of benzene rings is 1. The molecule has 0 aliphatic carbocycles. The van der Waals surface area contributed by atoms with Crippen molar-refractivity contribution in [2.24, 2.45) is 0 Å². The first-order chi connectivity index (χ1) is 11.0. The van der Waals surface area contributed by atoms with Gasteiger partial charge in [-0.15, -0.1) is 11.3 Å². The minimum Gasteiger partial charge on any atom is -0.495 e. The van der Waals surface area contributed by atoms with E-state index in [0.29, 0.717) is 32.4 Å². The minimum absolute atomic E-state index is 0.260. The summed E-state index contributed by atoms with van der Waals surface area (Å²) in [4.78, 5) is 20.5. The van der Waals surface area contributed by atoms with Crippen molar-refractivity contribution in [3.8, 4) is 5.75 Å². The molecule has 8 heteroatoms. The summed E-state index contributed by atoms with van der Waals surface area (Å²) in [6.07, 6.45) is 1.40. The van der Waals surface area contributed by atoms with Gasteiger partial charge in [0, 0.05) is 5.69 Å². The number of carboxylic acid groups (broad SMARTS) is 1. The molecule has 6 nitrogen and oxygen atoms in total. The topological polar surface area (TPSA) is 84.3 Å². The highest BCUT2D eigenvalue weighted by atomic mass is 35.5. The van der Waals surface area contributed by atoms with Gasteiger partial charge in [-0.2, -0.15) is 0 Å². The zero-order valence-electron chi connectivity index (χ0n) is 12.3. The number of thiophene rings is 1. The van der Waals surface area contributed by atoms with Gasteiger partial charge < -0.3 is 15.2 Å². The van der Waals surface area contributed by atoms with Gasteiger partial charge in [0.25, 0.3) is 0 Å². The first-order valence-electron chi connectivity index (χ1n) is 6.59. The number of ether oxygens (including phenoxy) is 1. The molecule has 0 radical (unpaired) electrons. The summed E-state index contributed by atoms with van der Waals surface area (Å²) in [6, 6.07) is 5.26. The number of halogens is 1. The van der Waals surface area contributed by atoms with Crippen molar-refractivity contribution in [3.05, 3.63) is 40.0 Å². The lowest BCUT2D eigenvalue weighted by molar-refractivity contribution is 0.0701. The molecule has 2 N–H and O–H groups in total. The van der Waals surface area contributed by atoms with Crippen molar-refractivity contribution in [1.29, 1.82) is 0 Å². The van der Waals surface area contributed by atoms with E-state index < -0.39 is 5.97 Å². The normalized spacial score (nSPS) is 10.7. The molecule has 0 atom stereocenters. The third kappa shape index (κ3) is 2.80. The number of anilines is 2. The average molecular weight is 350 g/mol. The van der Waals surface area contributed by atoms with Gasteiger partial charge in [0.05, 0.1) is 17.5 Å². The molecule has 2 aromatic heterocycles. The molecule has 0 spiro atoms. The third-order valence-corrected chi connectivity index (χ3v) is 4.82. The van der Waals surface area contributed by atoms with Crippen LogP contribution in [0.15, 0.2) is 24.5 Å².